The van der Waals surface area contributed by atoms with Crippen molar-refractivity contribution in [3.8, 4) is 11.3 Å². The topological polar surface area (TPSA) is 8.17 Å². The first kappa shape index (κ1) is 22.2. The molecule has 0 spiro atoms. The van der Waals surface area contributed by atoms with Crippen molar-refractivity contribution in [2.24, 2.45) is 0 Å². The van der Waals surface area contributed by atoms with Gasteiger partial charge in [-0.25, -0.2) is 0 Å². The molecule has 2 nitrogen and oxygen atoms in total. The molecule has 3 heterocycles. The predicted molar refractivity (Wildman–Crippen MR) is 154 cm³/mol. The minimum atomic E-state index is -0.0576. The quantitative estimate of drug-likeness (QED) is 0.287. The van der Waals surface area contributed by atoms with Crippen LogP contribution in [0.4, 0.5) is 0 Å². The fourth-order valence-electron chi connectivity index (χ4n) is 7.03. The molecule has 3 aromatic carbocycles. The lowest BCUT2D eigenvalue weighted by Crippen LogP contribution is -2.27. The summed E-state index contributed by atoms with van der Waals surface area (Å²) in [6.45, 7) is 7.07. The highest BCUT2D eigenvalue weighted by atomic mass is 15.2. The van der Waals surface area contributed by atoms with Crippen LogP contribution >= 0.6 is 0 Å². The summed E-state index contributed by atoms with van der Waals surface area (Å²) < 4.78 is 2.50. The van der Waals surface area contributed by atoms with Gasteiger partial charge in [-0.1, -0.05) is 91.0 Å². The Balaban J connectivity index is 1.32. The molecular weight excluding hydrogens is 448 g/mol. The first-order chi connectivity index (χ1) is 17.9. The average molecular weight is 481 g/mol. The number of allylic oxidation sites excluding steroid dienone is 3. The van der Waals surface area contributed by atoms with Crippen molar-refractivity contribution in [3.05, 3.63) is 143 Å². The standard InChI is InChI=1S/C35H32N2/c1-24-21-32(36(4)23-29(24)25-13-6-5-7-14-25)27-16-9-8-15-26(27)22-33-34(2)30-18-11-10-17-28(30)31-19-12-20-37(31)35(33,34)3/h5-23,32H,1-4H3. The van der Waals surface area contributed by atoms with Gasteiger partial charge in [-0.15, -0.1) is 0 Å². The summed E-state index contributed by atoms with van der Waals surface area (Å²) >= 11 is 0. The van der Waals surface area contributed by atoms with E-state index in [1.54, 1.807) is 0 Å². The Morgan fingerprint density at radius 3 is 2.38 bits per heavy atom. The molecule has 3 aliphatic rings. The van der Waals surface area contributed by atoms with Gasteiger partial charge in [0.05, 0.1) is 11.6 Å². The van der Waals surface area contributed by atoms with E-state index in [2.05, 4.69) is 153 Å². The minimum absolute atomic E-state index is 0.0205. The molecule has 1 saturated carbocycles. The molecule has 0 radical (unpaired) electrons. The third-order valence-electron chi connectivity index (χ3n) is 9.25. The Labute approximate surface area is 219 Å². The summed E-state index contributed by atoms with van der Waals surface area (Å²) in [4.78, 5) is 2.36. The van der Waals surface area contributed by atoms with Crippen LogP contribution in [0.15, 0.2) is 121 Å². The molecule has 0 bridgehead atoms. The van der Waals surface area contributed by atoms with Crippen LogP contribution in [-0.4, -0.2) is 16.5 Å². The second kappa shape index (κ2) is 7.73. The van der Waals surface area contributed by atoms with E-state index in [1.165, 1.54) is 50.2 Å². The van der Waals surface area contributed by atoms with E-state index >= 15 is 0 Å². The third-order valence-corrected chi connectivity index (χ3v) is 9.25. The molecule has 3 unspecified atom stereocenters. The Morgan fingerprint density at radius 1 is 0.811 bits per heavy atom. The SMILES string of the molecule is CC1=CC(c2ccccc2C=C2C3(C)c4ccccc4-c4cccn4C23C)N(C)C=C1c1ccccc1. The first-order valence-corrected chi connectivity index (χ1v) is 13.2. The van der Waals surface area contributed by atoms with Gasteiger partial charge in [-0.05, 0) is 66.3 Å². The monoisotopic (exact) mass is 480 g/mol. The van der Waals surface area contributed by atoms with Gasteiger partial charge in [-0.2, -0.15) is 0 Å². The molecule has 3 atom stereocenters. The van der Waals surface area contributed by atoms with Gasteiger partial charge >= 0.3 is 0 Å². The van der Waals surface area contributed by atoms with Crippen LogP contribution in [0.5, 0.6) is 0 Å². The molecule has 0 saturated heterocycles. The van der Waals surface area contributed by atoms with Crippen molar-refractivity contribution >= 4 is 11.6 Å². The smallest absolute Gasteiger partial charge is 0.0773 e. The number of aromatic nitrogens is 1. The lowest BCUT2D eigenvalue weighted by molar-refractivity contribution is 0.389. The minimum Gasteiger partial charge on any atom is -0.369 e. The maximum Gasteiger partial charge on any atom is 0.0773 e. The van der Waals surface area contributed by atoms with Crippen LogP contribution < -0.4 is 0 Å². The van der Waals surface area contributed by atoms with Crippen molar-refractivity contribution in [2.75, 3.05) is 7.05 Å². The van der Waals surface area contributed by atoms with Gasteiger partial charge in [0.1, 0.15) is 0 Å². The highest BCUT2D eigenvalue weighted by Gasteiger charge is 2.71. The zero-order chi connectivity index (χ0) is 25.4. The summed E-state index contributed by atoms with van der Waals surface area (Å²) in [6.07, 6.45) is 9.46. The van der Waals surface area contributed by atoms with Gasteiger partial charge in [0.2, 0.25) is 0 Å². The predicted octanol–water partition coefficient (Wildman–Crippen LogP) is 8.21. The fourth-order valence-corrected chi connectivity index (χ4v) is 7.03. The summed E-state index contributed by atoms with van der Waals surface area (Å²) in [5.74, 6) is 0. The van der Waals surface area contributed by atoms with Crippen molar-refractivity contribution in [1.29, 1.82) is 0 Å². The maximum absolute atomic E-state index is 2.50. The highest BCUT2D eigenvalue weighted by Crippen LogP contribution is 2.72. The molecule has 0 amide bonds. The second-order valence-electron chi connectivity index (χ2n) is 11.1. The zero-order valence-electron chi connectivity index (χ0n) is 21.9. The van der Waals surface area contributed by atoms with Crippen LogP contribution in [0.1, 0.15) is 49.1 Å². The zero-order valence-corrected chi connectivity index (χ0v) is 21.9. The largest absolute Gasteiger partial charge is 0.369 e. The van der Waals surface area contributed by atoms with Gasteiger partial charge in [-0.3, -0.25) is 0 Å². The molecule has 2 heteroatoms. The molecule has 182 valence electrons. The molecule has 37 heavy (non-hydrogen) atoms. The van der Waals surface area contributed by atoms with Crippen molar-refractivity contribution in [3.63, 3.8) is 0 Å². The Kier molecular flexibility index (Phi) is 4.63. The van der Waals surface area contributed by atoms with Crippen LogP contribution in [0.25, 0.3) is 22.9 Å². The lowest BCUT2D eigenvalue weighted by atomic mass is 9.84. The van der Waals surface area contributed by atoms with Crippen LogP contribution in [0.3, 0.4) is 0 Å². The molecule has 7 rings (SSSR count). The summed E-state index contributed by atoms with van der Waals surface area (Å²) in [5.41, 5.74) is 12.0. The Morgan fingerprint density at radius 2 is 1.54 bits per heavy atom. The van der Waals surface area contributed by atoms with E-state index in [4.69, 9.17) is 0 Å². The number of nitrogens with zero attached hydrogens (tertiary/aromatic N) is 2. The van der Waals surface area contributed by atoms with Crippen molar-refractivity contribution in [2.45, 2.75) is 37.8 Å². The molecule has 1 aliphatic carbocycles. The lowest BCUT2D eigenvalue weighted by Gasteiger charge is -2.32. The summed E-state index contributed by atoms with van der Waals surface area (Å²) in [6, 6.07) is 33.2. The van der Waals surface area contributed by atoms with E-state index in [0.717, 1.165) is 0 Å². The van der Waals surface area contributed by atoms with Crippen molar-refractivity contribution < 1.29 is 0 Å². The molecule has 1 aromatic heterocycles. The Hall–Kier alpha value is -4.04. The highest BCUT2D eigenvalue weighted by molar-refractivity contribution is 5.84. The summed E-state index contributed by atoms with van der Waals surface area (Å²) in [7, 11) is 2.20. The third kappa shape index (κ3) is 2.93. The average Bonchev–Trinajstić information content (AvgIpc) is 3.23. The van der Waals surface area contributed by atoms with Crippen molar-refractivity contribution in [1.82, 2.24) is 9.47 Å². The van der Waals surface area contributed by atoms with Crippen LogP contribution in [0, 0.1) is 0 Å². The molecule has 0 N–H and O–H groups in total. The van der Waals surface area contributed by atoms with E-state index in [-0.39, 0.29) is 17.0 Å². The van der Waals surface area contributed by atoms with Crippen LogP contribution in [0.2, 0.25) is 0 Å². The molecule has 2 aliphatic heterocycles. The van der Waals surface area contributed by atoms with Crippen LogP contribution in [-0.2, 0) is 11.0 Å². The van der Waals surface area contributed by atoms with E-state index < -0.39 is 0 Å². The van der Waals surface area contributed by atoms with Gasteiger partial charge in [0.15, 0.2) is 0 Å². The second-order valence-corrected chi connectivity index (χ2v) is 11.1. The van der Waals surface area contributed by atoms with Gasteiger partial charge in [0, 0.05) is 41.7 Å². The fraction of sp³-hybridized carbons (Fsp3) is 0.200. The molecular formula is C35H32N2. The number of fused-ring (bicyclic) bond motifs is 6. The van der Waals surface area contributed by atoms with E-state index in [1.807, 2.05) is 0 Å². The number of benzene rings is 3. The Bertz CT molecular complexity index is 1630. The summed E-state index contributed by atoms with van der Waals surface area (Å²) in [5, 5.41) is 0. The van der Waals surface area contributed by atoms with Gasteiger partial charge < -0.3 is 9.47 Å². The normalized spacial score (nSPS) is 26.6. The van der Waals surface area contributed by atoms with E-state index in [0.29, 0.717) is 0 Å². The molecule has 4 aromatic rings. The maximum atomic E-state index is 2.50. The number of rotatable bonds is 3. The number of hydrogen-bond donors (Lipinski definition) is 0. The number of hydrogen-bond acceptors (Lipinski definition) is 1. The first-order valence-electron chi connectivity index (χ1n) is 13.2. The molecule has 1 fully saturated rings. The number of likely N-dealkylation sites (N-methyl/N-ethyl adjacent to an activating group) is 1. The van der Waals surface area contributed by atoms with E-state index in [9.17, 15) is 0 Å². The van der Waals surface area contributed by atoms with Gasteiger partial charge in [0.25, 0.3) is 0 Å².